The topological polar surface area (TPSA) is 53.2 Å². The lowest BCUT2D eigenvalue weighted by atomic mass is 10.0. The Bertz CT molecular complexity index is 599. The highest BCUT2D eigenvalue weighted by Gasteiger charge is 2.12. The van der Waals surface area contributed by atoms with Gasteiger partial charge in [0.05, 0.1) is 18.8 Å². The fraction of sp³-hybridized carbons (Fsp3) is 0.312. The Labute approximate surface area is 113 Å². The van der Waals surface area contributed by atoms with Gasteiger partial charge < -0.3 is 9.84 Å². The highest BCUT2D eigenvalue weighted by atomic mass is 16.5. The summed E-state index contributed by atoms with van der Waals surface area (Å²) >= 11 is 0. The van der Waals surface area contributed by atoms with Crippen LogP contribution in [-0.2, 0) is 0 Å². The highest BCUT2D eigenvalue weighted by Crippen LogP contribution is 2.33. The third-order valence-corrected chi connectivity index (χ3v) is 3.04. The Morgan fingerprint density at radius 1 is 1.26 bits per heavy atom. The molecule has 0 heterocycles. The number of hydrogen-bond acceptors (Lipinski definition) is 3. The third kappa shape index (κ3) is 3.04. The van der Waals surface area contributed by atoms with Gasteiger partial charge in [-0.3, -0.25) is 0 Å². The highest BCUT2D eigenvalue weighted by molar-refractivity contribution is 5.89. The molecule has 0 bridgehead atoms. The molecule has 19 heavy (non-hydrogen) atoms. The number of fused-ring (bicyclic) bond motifs is 1. The average molecular weight is 255 g/mol. The number of rotatable bonds is 5. The molecule has 3 heteroatoms. The molecule has 0 fully saturated rings. The molecule has 0 aliphatic rings. The third-order valence-electron chi connectivity index (χ3n) is 3.04. The number of nitriles is 1. The molecule has 98 valence electrons. The molecule has 0 aliphatic heterocycles. The van der Waals surface area contributed by atoms with E-state index in [-0.39, 0.29) is 0 Å². The Morgan fingerprint density at radius 2 is 2.05 bits per heavy atom. The first-order valence-corrected chi connectivity index (χ1v) is 6.43. The summed E-state index contributed by atoms with van der Waals surface area (Å²) in [4.78, 5) is 0. The first-order valence-electron chi connectivity index (χ1n) is 6.43. The number of ether oxygens (including phenoxy) is 1. The van der Waals surface area contributed by atoms with Crippen LogP contribution in [0.1, 0.15) is 31.4 Å². The van der Waals surface area contributed by atoms with Crippen LogP contribution in [0.5, 0.6) is 5.75 Å². The monoisotopic (exact) mass is 255 g/mol. The van der Waals surface area contributed by atoms with Crippen molar-refractivity contribution in [2.24, 2.45) is 0 Å². The summed E-state index contributed by atoms with van der Waals surface area (Å²) in [6.45, 7) is 2.22. The van der Waals surface area contributed by atoms with Crippen LogP contribution in [0.25, 0.3) is 10.8 Å². The van der Waals surface area contributed by atoms with Gasteiger partial charge in [0.15, 0.2) is 0 Å². The fourth-order valence-electron chi connectivity index (χ4n) is 2.08. The molecule has 2 aromatic carbocycles. The normalized spacial score (nSPS) is 12.1. The Balaban J connectivity index is 2.36. The van der Waals surface area contributed by atoms with Gasteiger partial charge in [0, 0.05) is 17.4 Å². The molecular formula is C16H17NO2. The molecular weight excluding hydrogens is 238 g/mol. The van der Waals surface area contributed by atoms with Crippen LogP contribution in [0.3, 0.4) is 0 Å². The van der Waals surface area contributed by atoms with Crippen molar-refractivity contribution in [1.82, 2.24) is 0 Å². The van der Waals surface area contributed by atoms with Gasteiger partial charge in [0.1, 0.15) is 5.75 Å². The Morgan fingerprint density at radius 3 is 2.79 bits per heavy atom. The fourth-order valence-corrected chi connectivity index (χ4v) is 2.08. The minimum Gasteiger partial charge on any atom is -0.493 e. The molecule has 0 unspecified atom stereocenters. The van der Waals surface area contributed by atoms with Crippen LogP contribution in [0.15, 0.2) is 36.4 Å². The lowest BCUT2D eigenvalue weighted by Gasteiger charge is -2.15. The van der Waals surface area contributed by atoms with Gasteiger partial charge in [-0.1, -0.05) is 36.4 Å². The second-order valence-corrected chi connectivity index (χ2v) is 4.49. The van der Waals surface area contributed by atoms with E-state index in [4.69, 9.17) is 10.00 Å². The maximum absolute atomic E-state index is 9.83. The molecule has 2 aromatic rings. The molecule has 0 spiro atoms. The predicted octanol–water partition coefficient (Wildman–Crippen LogP) is 3.58. The van der Waals surface area contributed by atoms with Crippen molar-refractivity contribution >= 4 is 10.8 Å². The van der Waals surface area contributed by atoms with E-state index in [2.05, 4.69) is 6.07 Å². The molecule has 0 saturated carbocycles. The van der Waals surface area contributed by atoms with Crippen molar-refractivity contribution in [3.05, 3.63) is 42.0 Å². The molecule has 1 N–H and O–H groups in total. The summed E-state index contributed by atoms with van der Waals surface area (Å²) in [5.41, 5.74) is 0.788. The molecule has 0 aromatic heterocycles. The summed E-state index contributed by atoms with van der Waals surface area (Å²) in [5.74, 6) is 0.728. The van der Waals surface area contributed by atoms with Gasteiger partial charge in [-0.15, -0.1) is 0 Å². The number of benzene rings is 2. The molecule has 2 rings (SSSR count). The number of nitrogens with zero attached hydrogens (tertiary/aromatic N) is 1. The average Bonchev–Trinajstić information content (AvgIpc) is 2.43. The first-order chi connectivity index (χ1) is 9.24. The minimum atomic E-state index is -0.574. The van der Waals surface area contributed by atoms with Crippen molar-refractivity contribution in [1.29, 1.82) is 5.26 Å². The summed E-state index contributed by atoms with van der Waals surface area (Å²) in [6.07, 6.45) is 0.601. The van der Waals surface area contributed by atoms with E-state index < -0.39 is 6.10 Å². The van der Waals surface area contributed by atoms with Gasteiger partial charge in [-0.2, -0.15) is 5.26 Å². The van der Waals surface area contributed by atoms with Crippen molar-refractivity contribution in [2.45, 2.75) is 25.9 Å². The van der Waals surface area contributed by atoms with E-state index >= 15 is 0 Å². The Hall–Kier alpha value is -2.05. The van der Waals surface area contributed by atoms with Crippen molar-refractivity contribution in [2.75, 3.05) is 6.61 Å². The van der Waals surface area contributed by atoms with E-state index in [9.17, 15) is 5.11 Å². The second kappa shape index (κ2) is 6.21. The van der Waals surface area contributed by atoms with Gasteiger partial charge in [0.2, 0.25) is 0 Å². The van der Waals surface area contributed by atoms with E-state index in [1.54, 1.807) is 6.92 Å². The molecule has 3 nitrogen and oxygen atoms in total. The van der Waals surface area contributed by atoms with Crippen molar-refractivity contribution in [3.8, 4) is 11.8 Å². The zero-order valence-electron chi connectivity index (χ0n) is 11.0. The second-order valence-electron chi connectivity index (χ2n) is 4.49. The molecule has 0 radical (unpaired) electrons. The zero-order valence-corrected chi connectivity index (χ0v) is 11.0. The van der Waals surface area contributed by atoms with E-state index in [1.807, 2.05) is 36.4 Å². The SMILES string of the molecule is C[C@H](O)c1ccc2ccccc2c1OCCCC#N. The summed E-state index contributed by atoms with van der Waals surface area (Å²) in [7, 11) is 0. The van der Waals surface area contributed by atoms with E-state index in [0.29, 0.717) is 19.4 Å². The van der Waals surface area contributed by atoms with Crippen molar-refractivity contribution in [3.63, 3.8) is 0 Å². The molecule has 0 saturated heterocycles. The van der Waals surface area contributed by atoms with Gasteiger partial charge in [-0.05, 0) is 18.7 Å². The van der Waals surface area contributed by atoms with Crippen LogP contribution in [-0.4, -0.2) is 11.7 Å². The molecule has 0 aliphatic carbocycles. The van der Waals surface area contributed by atoms with Gasteiger partial charge in [0.25, 0.3) is 0 Å². The molecule has 0 amide bonds. The number of aliphatic hydroxyl groups excluding tert-OH is 1. The zero-order chi connectivity index (χ0) is 13.7. The van der Waals surface area contributed by atoms with Crippen LogP contribution in [0.4, 0.5) is 0 Å². The number of unbranched alkanes of at least 4 members (excludes halogenated alkanes) is 1. The van der Waals surface area contributed by atoms with E-state index in [0.717, 1.165) is 22.1 Å². The predicted molar refractivity (Wildman–Crippen MR) is 74.9 cm³/mol. The number of aliphatic hydroxyl groups is 1. The van der Waals surface area contributed by atoms with Crippen LogP contribution < -0.4 is 4.74 Å². The molecule has 1 atom stereocenters. The van der Waals surface area contributed by atoms with Crippen LogP contribution in [0, 0.1) is 11.3 Å². The largest absolute Gasteiger partial charge is 0.493 e. The quantitative estimate of drug-likeness (QED) is 0.831. The smallest absolute Gasteiger partial charge is 0.132 e. The van der Waals surface area contributed by atoms with Gasteiger partial charge >= 0.3 is 0 Å². The standard InChI is InChI=1S/C16H17NO2/c1-12(18)14-9-8-13-6-2-3-7-15(13)16(14)19-11-5-4-10-17/h2-3,6-9,12,18H,4-5,11H2,1H3/t12-/m0/s1. The summed E-state index contributed by atoms with van der Waals surface area (Å²) in [5, 5.41) is 20.5. The van der Waals surface area contributed by atoms with Crippen LogP contribution in [0.2, 0.25) is 0 Å². The van der Waals surface area contributed by atoms with Gasteiger partial charge in [-0.25, -0.2) is 0 Å². The maximum Gasteiger partial charge on any atom is 0.132 e. The minimum absolute atomic E-state index is 0.481. The van der Waals surface area contributed by atoms with Crippen LogP contribution >= 0.6 is 0 Å². The maximum atomic E-state index is 9.83. The van der Waals surface area contributed by atoms with Crippen molar-refractivity contribution < 1.29 is 9.84 Å². The summed E-state index contributed by atoms with van der Waals surface area (Å²) in [6, 6.07) is 13.9. The lowest BCUT2D eigenvalue weighted by molar-refractivity contribution is 0.191. The Kier molecular flexibility index (Phi) is 4.38. The lowest BCUT2D eigenvalue weighted by Crippen LogP contribution is -2.03. The van der Waals surface area contributed by atoms with E-state index in [1.165, 1.54) is 0 Å². The number of hydrogen-bond donors (Lipinski definition) is 1. The summed E-state index contributed by atoms with van der Waals surface area (Å²) < 4.78 is 5.80. The first kappa shape index (κ1) is 13.4.